The second-order valence-corrected chi connectivity index (χ2v) is 3.28. The van der Waals surface area contributed by atoms with Gasteiger partial charge in [-0.2, -0.15) is 5.10 Å². The molecule has 2 rings (SSSR count). The van der Waals surface area contributed by atoms with Gasteiger partial charge in [-0.15, -0.1) is 0 Å². The molecule has 0 bridgehead atoms. The van der Waals surface area contributed by atoms with Crippen molar-refractivity contribution in [2.45, 2.75) is 0 Å². The number of nitrogens with zero attached hydrogens (tertiary/aromatic N) is 2. The van der Waals surface area contributed by atoms with Crippen LogP contribution in [0.5, 0.6) is 5.75 Å². The van der Waals surface area contributed by atoms with E-state index in [0.717, 1.165) is 17.0 Å². The summed E-state index contributed by atoms with van der Waals surface area (Å²) >= 11 is 0. The molecule has 4 nitrogen and oxygen atoms in total. The summed E-state index contributed by atoms with van der Waals surface area (Å²) in [5.41, 5.74) is 7.51. The van der Waals surface area contributed by atoms with Crippen LogP contribution in [0.1, 0.15) is 0 Å². The van der Waals surface area contributed by atoms with Crippen LogP contribution >= 0.6 is 0 Å². The van der Waals surface area contributed by atoms with Gasteiger partial charge in [-0.1, -0.05) is 12.1 Å². The minimum Gasteiger partial charge on any atom is -0.496 e. The molecule has 1 aromatic heterocycles. The van der Waals surface area contributed by atoms with Crippen molar-refractivity contribution in [2.24, 2.45) is 7.05 Å². The summed E-state index contributed by atoms with van der Waals surface area (Å²) < 4.78 is 6.90. The zero-order valence-electron chi connectivity index (χ0n) is 8.77. The molecule has 0 saturated carbocycles. The summed E-state index contributed by atoms with van der Waals surface area (Å²) in [4.78, 5) is 0. The number of aromatic nitrogens is 2. The number of para-hydroxylation sites is 1. The normalized spacial score (nSPS) is 10.3. The van der Waals surface area contributed by atoms with Gasteiger partial charge < -0.3 is 10.5 Å². The Labute approximate surface area is 88.3 Å². The third-order valence-electron chi connectivity index (χ3n) is 2.30. The highest BCUT2D eigenvalue weighted by Crippen LogP contribution is 2.29. The molecule has 0 aliphatic heterocycles. The average Bonchev–Trinajstić information content (AvgIpc) is 2.59. The van der Waals surface area contributed by atoms with Crippen molar-refractivity contribution in [1.82, 2.24) is 9.78 Å². The van der Waals surface area contributed by atoms with E-state index in [1.807, 2.05) is 37.4 Å². The first kappa shape index (κ1) is 9.58. The third-order valence-corrected chi connectivity index (χ3v) is 2.30. The summed E-state index contributed by atoms with van der Waals surface area (Å²) in [5, 5.41) is 4.30. The maximum Gasteiger partial charge on any atom is 0.128 e. The van der Waals surface area contributed by atoms with Crippen LogP contribution in [0.25, 0.3) is 11.3 Å². The van der Waals surface area contributed by atoms with Crippen molar-refractivity contribution in [2.75, 3.05) is 12.8 Å². The highest BCUT2D eigenvalue weighted by atomic mass is 16.5. The molecule has 0 atom stereocenters. The summed E-state index contributed by atoms with van der Waals surface area (Å²) in [6.45, 7) is 0. The number of benzene rings is 1. The van der Waals surface area contributed by atoms with E-state index in [1.54, 1.807) is 11.8 Å². The highest BCUT2D eigenvalue weighted by molar-refractivity contribution is 5.69. The number of aryl methyl sites for hydroxylation is 1. The lowest BCUT2D eigenvalue weighted by molar-refractivity contribution is 0.416. The zero-order valence-corrected chi connectivity index (χ0v) is 8.77. The molecule has 0 spiro atoms. The van der Waals surface area contributed by atoms with Gasteiger partial charge in [-0.05, 0) is 12.1 Å². The lowest BCUT2D eigenvalue weighted by Gasteiger charge is -2.04. The topological polar surface area (TPSA) is 53.1 Å². The van der Waals surface area contributed by atoms with Crippen LogP contribution in [0.15, 0.2) is 30.3 Å². The molecule has 1 heterocycles. The molecule has 0 radical (unpaired) electrons. The SMILES string of the molecule is COc1ccccc1-c1cc(N)n(C)n1. The number of nitrogen functional groups attached to an aromatic ring is 1. The van der Waals surface area contributed by atoms with Crippen molar-refractivity contribution >= 4 is 5.82 Å². The third kappa shape index (κ3) is 1.66. The van der Waals surface area contributed by atoms with E-state index >= 15 is 0 Å². The maximum atomic E-state index is 5.73. The predicted molar refractivity (Wildman–Crippen MR) is 59.6 cm³/mol. The second kappa shape index (κ2) is 3.65. The number of ether oxygens (including phenoxy) is 1. The molecule has 0 aliphatic carbocycles. The molecule has 78 valence electrons. The predicted octanol–water partition coefficient (Wildman–Crippen LogP) is 1.68. The highest BCUT2D eigenvalue weighted by Gasteiger charge is 2.09. The van der Waals surface area contributed by atoms with Crippen molar-refractivity contribution in [3.05, 3.63) is 30.3 Å². The van der Waals surface area contributed by atoms with Crippen molar-refractivity contribution in [3.63, 3.8) is 0 Å². The summed E-state index contributed by atoms with van der Waals surface area (Å²) in [6, 6.07) is 9.57. The molecule has 2 N–H and O–H groups in total. The van der Waals surface area contributed by atoms with Gasteiger partial charge in [0.1, 0.15) is 11.6 Å². The Hall–Kier alpha value is -1.97. The van der Waals surface area contributed by atoms with Gasteiger partial charge in [0.15, 0.2) is 0 Å². The molecule has 0 saturated heterocycles. The molecule has 0 fully saturated rings. The van der Waals surface area contributed by atoms with Crippen LogP contribution in [0.2, 0.25) is 0 Å². The summed E-state index contributed by atoms with van der Waals surface area (Å²) in [6.07, 6.45) is 0. The lowest BCUT2D eigenvalue weighted by Crippen LogP contribution is -1.96. The minimum atomic E-state index is 0.635. The number of anilines is 1. The van der Waals surface area contributed by atoms with Gasteiger partial charge in [-0.3, -0.25) is 4.68 Å². The van der Waals surface area contributed by atoms with E-state index in [1.165, 1.54) is 0 Å². The molecular formula is C11H13N3O. The van der Waals surface area contributed by atoms with Crippen LogP contribution in [0.4, 0.5) is 5.82 Å². The zero-order chi connectivity index (χ0) is 10.8. The monoisotopic (exact) mass is 203 g/mol. The van der Waals surface area contributed by atoms with E-state index in [4.69, 9.17) is 10.5 Å². The Morgan fingerprint density at radius 2 is 2.07 bits per heavy atom. The van der Waals surface area contributed by atoms with Crippen LogP contribution in [-0.2, 0) is 7.05 Å². The van der Waals surface area contributed by atoms with E-state index < -0.39 is 0 Å². The molecule has 15 heavy (non-hydrogen) atoms. The fourth-order valence-electron chi connectivity index (χ4n) is 1.47. The summed E-state index contributed by atoms with van der Waals surface area (Å²) in [5.74, 6) is 1.44. The first-order valence-electron chi connectivity index (χ1n) is 4.65. The van der Waals surface area contributed by atoms with Crippen molar-refractivity contribution in [1.29, 1.82) is 0 Å². The summed E-state index contributed by atoms with van der Waals surface area (Å²) in [7, 11) is 3.46. The van der Waals surface area contributed by atoms with Gasteiger partial charge in [-0.25, -0.2) is 0 Å². The molecule has 1 aromatic carbocycles. The molecule has 2 aromatic rings. The average molecular weight is 203 g/mol. The van der Waals surface area contributed by atoms with Gasteiger partial charge in [0.2, 0.25) is 0 Å². The molecule has 0 amide bonds. The van der Waals surface area contributed by atoms with Crippen LogP contribution in [0.3, 0.4) is 0 Å². The fraction of sp³-hybridized carbons (Fsp3) is 0.182. The first-order valence-corrected chi connectivity index (χ1v) is 4.65. The van der Waals surface area contributed by atoms with Crippen molar-refractivity contribution < 1.29 is 4.74 Å². The Morgan fingerprint density at radius 1 is 1.33 bits per heavy atom. The van der Waals surface area contributed by atoms with Crippen LogP contribution in [0, 0.1) is 0 Å². The Kier molecular flexibility index (Phi) is 2.33. The molecule has 4 heteroatoms. The van der Waals surface area contributed by atoms with E-state index in [-0.39, 0.29) is 0 Å². The standard InChI is InChI=1S/C11H13N3O/c1-14-11(12)7-9(13-14)8-5-3-4-6-10(8)15-2/h3-7H,12H2,1-2H3. The molecule has 0 aliphatic rings. The Balaban J connectivity index is 2.53. The van der Waals surface area contributed by atoms with E-state index in [9.17, 15) is 0 Å². The first-order chi connectivity index (χ1) is 7.22. The number of methoxy groups -OCH3 is 1. The molecule has 0 unspecified atom stereocenters. The number of hydrogen-bond donors (Lipinski definition) is 1. The second-order valence-electron chi connectivity index (χ2n) is 3.28. The Morgan fingerprint density at radius 3 is 2.67 bits per heavy atom. The van der Waals surface area contributed by atoms with E-state index in [2.05, 4.69) is 5.10 Å². The van der Waals surface area contributed by atoms with Gasteiger partial charge >= 0.3 is 0 Å². The fourth-order valence-corrected chi connectivity index (χ4v) is 1.47. The van der Waals surface area contributed by atoms with Crippen LogP contribution < -0.4 is 10.5 Å². The van der Waals surface area contributed by atoms with Gasteiger partial charge in [0, 0.05) is 18.7 Å². The van der Waals surface area contributed by atoms with Crippen LogP contribution in [-0.4, -0.2) is 16.9 Å². The quantitative estimate of drug-likeness (QED) is 0.807. The number of rotatable bonds is 2. The largest absolute Gasteiger partial charge is 0.496 e. The molecular weight excluding hydrogens is 190 g/mol. The Bertz CT molecular complexity index is 457. The minimum absolute atomic E-state index is 0.635. The maximum absolute atomic E-state index is 5.73. The number of nitrogens with two attached hydrogens (primary N) is 1. The van der Waals surface area contributed by atoms with Gasteiger partial charge in [0.25, 0.3) is 0 Å². The smallest absolute Gasteiger partial charge is 0.128 e. The van der Waals surface area contributed by atoms with E-state index in [0.29, 0.717) is 5.82 Å². The number of hydrogen-bond acceptors (Lipinski definition) is 3. The van der Waals surface area contributed by atoms with Crippen molar-refractivity contribution in [3.8, 4) is 17.0 Å². The van der Waals surface area contributed by atoms with Gasteiger partial charge in [0.05, 0.1) is 12.8 Å². The lowest BCUT2D eigenvalue weighted by atomic mass is 10.1.